The van der Waals surface area contributed by atoms with Crippen LogP contribution in [0.25, 0.3) is 10.9 Å². The van der Waals surface area contributed by atoms with Crippen molar-refractivity contribution in [1.82, 2.24) is 29.7 Å². The summed E-state index contributed by atoms with van der Waals surface area (Å²) in [5.41, 5.74) is 1.58. The Hall–Kier alpha value is -3.35. The molecule has 0 aliphatic carbocycles. The second-order valence-electron chi connectivity index (χ2n) is 11.7. The maximum Gasteiger partial charge on any atom is 0.253 e. The van der Waals surface area contributed by atoms with E-state index in [1.54, 1.807) is 25.6 Å². The first-order valence-electron chi connectivity index (χ1n) is 15.1. The fraction of sp³-hybridized carbons (Fsp3) is 0.600. The van der Waals surface area contributed by atoms with Crippen LogP contribution in [0.2, 0.25) is 0 Å². The van der Waals surface area contributed by atoms with Gasteiger partial charge in [-0.2, -0.15) is 4.98 Å². The standard InChI is InChI=1S/C30H41FN8O3/c1-4-19(2)39-15-23(29(40)34-20-6-10-37(11-7-20)21-17-42-18-21)22-14-33-28(13-25(22)39)35-27-5-9-32-30(36-27)38-12-8-26(41-3)24(31)16-38/h5,9,13-15,19-21,24,26H,4,6-8,10-12,16-18H2,1-3H3,(H,34,40)(H,32,33,35,36)/t19?,24-,26+/m0/s1. The lowest BCUT2D eigenvalue weighted by molar-refractivity contribution is -0.0716. The molecule has 0 saturated carbocycles. The molecule has 1 amide bonds. The monoisotopic (exact) mass is 580 g/mol. The third-order valence-electron chi connectivity index (χ3n) is 9.00. The molecule has 6 heterocycles. The number of carbonyl (C=O) groups excluding carboxylic acids is 1. The van der Waals surface area contributed by atoms with Crippen molar-refractivity contribution in [3.63, 3.8) is 0 Å². The number of hydrogen-bond acceptors (Lipinski definition) is 9. The Morgan fingerprint density at radius 1 is 1.19 bits per heavy atom. The fourth-order valence-corrected chi connectivity index (χ4v) is 6.09. The zero-order valence-electron chi connectivity index (χ0n) is 24.6. The smallest absolute Gasteiger partial charge is 0.253 e. The Morgan fingerprint density at radius 3 is 2.69 bits per heavy atom. The summed E-state index contributed by atoms with van der Waals surface area (Å²) in [7, 11) is 1.54. The molecule has 3 aromatic heterocycles. The van der Waals surface area contributed by atoms with E-state index < -0.39 is 12.3 Å². The summed E-state index contributed by atoms with van der Waals surface area (Å²) in [6.07, 6.45) is 7.27. The molecule has 3 saturated heterocycles. The van der Waals surface area contributed by atoms with Crippen LogP contribution in [0.4, 0.5) is 22.0 Å². The highest BCUT2D eigenvalue weighted by Crippen LogP contribution is 2.29. The summed E-state index contributed by atoms with van der Waals surface area (Å²) in [4.78, 5) is 31.5. The van der Waals surface area contributed by atoms with Gasteiger partial charge in [0.1, 0.15) is 17.8 Å². The Morgan fingerprint density at radius 2 is 2.00 bits per heavy atom. The first kappa shape index (κ1) is 28.8. The van der Waals surface area contributed by atoms with Crippen LogP contribution >= 0.6 is 0 Å². The lowest BCUT2D eigenvalue weighted by Gasteiger charge is -2.41. The van der Waals surface area contributed by atoms with E-state index in [4.69, 9.17) is 9.47 Å². The molecule has 3 fully saturated rings. The highest BCUT2D eigenvalue weighted by molar-refractivity contribution is 6.07. The molecular formula is C30H41FN8O3. The van der Waals surface area contributed by atoms with Gasteiger partial charge in [-0.15, -0.1) is 0 Å². The summed E-state index contributed by atoms with van der Waals surface area (Å²) in [6.45, 7) is 8.70. The number of amides is 1. The number of nitrogens with one attached hydrogen (secondary N) is 2. The van der Waals surface area contributed by atoms with Crippen molar-refractivity contribution < 1.29 is 18.7 Å². The van der Waals surface area contributed by atoms with Gasteiger partial charge in [0.2, 0.25) is 5.95 Å². The van der Waals surface area contributed by atoms with Crippen LogP contribution in [0.3, 0.4) is 0 Å². The minimum Gasteiger partial charge on any atom is -0.378 e. The number of nitrogens with zero attached hydrogens (tertiary/aromatic N) is 6. The summed E-state index contributed by atoms with van der Waals surface area (Å²) in [6, 6.07) is 4.62. The first-order valence-corrected chi connectivity index (χ1v) is 15.1. The molecule has 2 N–H and O–H groups in total. The molecule has 11 nitrogen and oxygen atoms in total. The Labute approximate surface area is 245 Å². The van der Waals surface area contributed by atoms with Gasteiger partial charge in [0, 0.05) is 68.9 Å². The minimum absolute atomic E-state index is 0.0566. The van der Waals surface area contributed by atoms with E-state index in [0.29, 0.717) is 42.2 Å². The third kappa shape index (κ3) is 5.93. The van der Waals surface area contributed by atoms with Crippen molar-refractivity contribution in [2.75, 3.05) is 56.7 Å². The van der Waals surface area contributed by atoms with E-state index >= 15 is 0 Å². The Bertz CT molecular complexity index is 1390. The molecule has 3 aliphatic heterocycles. The van der Waals surface area contributed by atoms with Crippen LogP contribution in [0, 0.1) is 0 Å². The van der Waals surface area contributed by atoms with Gasteiger partial charge in [-0.05, 0) is 38.7 Å². The molecule has 0 aromatic carbocycles. The van der Waals surface area contributed by atoms with Crippen molar-refractivity contribution >= 4 is 34.4 Å². The van der Waals surface area contributed by atoms with E-state index in [0.717, 1.165) is 56.5 Å². The van der Waals surface area contributed by atoms with Gasteiger partial charge in [0.15, 0.2) is 0 Å². The van der Waals surface area contributed by atoms with Crippen molar-refractivity contribution in [3.8, 4) is 0 Å². The number of carbonyl (C=O) groups is 1. The lowest BCUT2D eigenvalue weighted by atomic mass is 10.0. The molecule has 0 radical (unpaired) electrons. The molecule has 12 heteroatoms. The number of halogens is 1. The van der Waals surface area contributed by atoms with Gasteiger partial charge in [-0.1, -0.05) is 6.92 Å². The SMILES string of the molecule is CCC(C)n1cc(C(=O)NC2CCN(C3COC3)CC2)c2cnc(Nc3ccnc(N4CC[C@@H](OC)[C@@H](F)C4)n3)cc21. The van der Waals surface area contributed by atoms with Crippen molar-refractivity contribution in [3.05, 3.63) is 36.3 Å². The number of ether oxygens (including phenoxy) is 2. The normalized spacial score (nSPS) is 23.1. The molecule has 0 bridgehead atoms. The van der Waals surface area contributed by atoms with Crippen LogP contribution in [-0.2, 0) is 9.47 Å². The first-order chi connectivity index (χ1) is 20.4. The molecule has 6 rings (SSSR count). The van der Waals surface area contributed by atoms with Crippen molar-refractivity contribution in [2.24, 2.45) is 0 Å². The number of methoxy groups -OCH3 is 1. The van der Waals surface area contributed by atoms with Crippen molar-refractivity contribution in [1.29, 1.82) is 0 Å². The van der Waals surface area contributed by atoms with E-state index in [2.05, 4.69) is 48.9 Å². The zero-order valence-corrected chi connectivity index (χ0v) is 24.6. The van der Waals surface area contributed by atoms with Crippen LogP contribution in [0.15, 0.2) is 30.7 Å². The van der Waals surface area contributed by atoms with Crippen LogP contribution < -0.4 is 15.5 Å². The minimum atomic E-state index is -1.09. The summed E-state index contributed by atoms with van der Waals surface area (Å²) in [5, 5.41) is 7.39. The number of likely N-dealkylation sites (tertiary alicyclic amines) is 1. The van der Waals surface area contributed by atoms with E-state index in [-0.39, 0.29) is 24.5 Å². The zero-order chi connectivity index (χ0) is 29.2. The van der Waals surface area contributed by atoms with E-state index in [1.807, 2.05) is 17.2 Å². The molecule has 226 valence electrons. The topological polar surface area (TPSA) is 110 Å². The number of piperidine rings is 2. The molecule has 3 aromatic rings. The summed E-state index contributed by atoms with van der Waals surface area (Å²) in [5.74, 6) is 1.58. The highest BCUT2D eigenvalue weighted by Gasteiger charge is 2.32. The second-order valence-corrected chi connectivity index (χ2v) is 11.7. The van der Waals surface area contributed by atoms with Gasteiger partial charge in [0.05, 0.1) is 43.0 Å². The maximum absolute atomic E-state index is 14.5. The van der Waals surface area contributed by atoms with Gasteiger partial charge in [0.25, 0.3) is 5.91 Å². The highest BCUT2D eigenvalue weighted by atomic mass is 19.1. The average molecular weight is 581 g/mol. The van der Waals surface area contributed by atoms with Gasteiger partial charge in [-0.3, -0.25) is 9.69 Å². The summed E-state index contributed by atoms with van der Waals surface area (Å²) < 4.78 is 27.2. The number of pyridine rings is 1. The molecular weight excluding hydrogens is 539 g/mol. The molecule has 0 spiro atoms. The van der Waals surface area contributed by atoms with Gasteiger partial charge < -0.3 is 29.6 Å². The van der Waals surface area contributed by atoms with Crippen LogP contribution in [0.5, 0.6) is 0 Å². The molecule has 3 aliphatic rings. The quantitative estimate of drug-likeness (QED) is 0.392. The largest absolute Gasteiger partial charge is 0.378 e. The Kier molecular flexibility index (Phi) is 8.55. The van der Waals surface area contributed by atoms with Crippen LogP contribution in [0.1, 0.15) is 55.9 Å². The lowest BCUT2D eigenvalue weighted by Crippen LogP contribution is -2.54. The van der Waals surface area contributed by atoms with Gasteiger partial charge >= 0.3 is 0 Å². The predicted molar refractivity (Wildman–Crippen MR) is 159 cm³/mol. The molecule has 1 unspecified atom stereocenters. The van der Waals surface area contributed by atoms with Crippen LogP contribution in [-0.4, -0.2) is 101 Å². The number of aromatic nitrogens is 4. The predicted octanol–water partition coefficient (Wildman–Crippen LogP) is 3.70. The van der Waals surface area contributed by atoms with E-state index in [1.165, 1.54) is 0 Å². The maximum atomic E-state index is 14.5. The number of alkyl halides is 1. The number of anilines is 3. The fourth-order valence-electron chi connectivity index (χ4n) is 6.09. The average Bonchev–Trinajstić information content (AvgIpc) is 3.36. The van der Waals surface area contributed by atoms with Crippen molar-refractivity contribution in [2.45, 2.75) is 69.9 Å². The molecule has 42 heavy (non-hydrogen) atoms. The Balaban J connectivity index is 1.18. The van der Waals surface area contributed by atoms with Gasteiger partial charge in [-0.25, -0.2) is 14.4 Å². The summed E-state index contributed by atoms with van der Waals surface area (Å²) >= 11 is 0. The number of hydrogen-bond donors (Lipinski definition) is 2. The van der Waals surface area contributed by atoms with E-state index in [9.17, 15) is 9.18 Å². The third-order valence-corrected chi connectivity index (χ3v) is 9.00. The number of fused-ring (bicyclic) bond motifs is 1. The molecule has 3 atom stereocenters. The second kappa shape index (κ2) is 12.5. The number of rotatable bonds is 9.